The average molecular weight is 338 g/mol. The van der Waals surface area contributed by atoms with E-state index in [-0.39, 0.29) is 6.10 Å². The van der Waals surface area contributed by atoms with E-state index in [4.69, 9.17) is 4.74 Å². The summed E-state index contributed by atoms with van der Waals surface area (Å²) in [6, 6.07) is 0. The van der Waals surface area contributed by atoms with Gasteiger partial charge >= 0.3 is 5.97 Å². The van der Waals surface area contributed by atoms with Crippen molar-refractivity contribution in [3.63, 3.8) is 0 Å². The largest absolute Gasteiger partial charge is 0.481 e. The van der Waals surface area contributed by atoms with Gasteiger partial charge in [-0.25, -0.2) is 0 Å². The van der Waals surface area contributed by atoms with Crippen molar-refractivity contribution in [3.05, 3.63) is 21.4 Å². The highest BCUT2D eigenvalue weighted by molar-refractivity contribution is 7.10. The maximum Gasteiger partial charge on any atom is 0.310 e. The number of aliphatic carboxylic acids is 1. The predicted octanol–water partition coefficient (Wildman–Crippen LogP) is 1.00. The first-order valence-corrected chi connectivity index (χ1v) is 8.31. The number of hydrogen-bond acceptors (Lipinski definition) is 5. The average Bonchev–Trinajstić information content (AvgIpc) is 3.20. The molecule has 3 heterocycles. The number of carboxylic acids is 1. The third-order valence-corrected chi connectivity index (χ3v) is 5.70. The van der Waals surface area contributed by atoms with Crippen LogP contribution in [0, 0.1) is 25.7 Å². The number of rotatable bonds is 3. The van der Waals surface area contributed by atoms with Crippen molar-refractivity contribution in [2.75, 3.05) is 0 Å². The Morgan fingerprint density at radius 3 is 2.39 bits per heavy atom. The molecule has 7 nitrogen and oxygen atoms in total. The van der Waals surface area contributed by atoms with Crippen molar-refractivity contribution in [1.82, 2.24) is 10.9 Å². The second-order valence-corrected chi connectivity index (χ2v) is 7.04. The molecule has 23 heavy (non-hydrogen) atoms. The fraction of sp³-hybridized carbons (Fsp3) is 0.533. The summed E-state index contributed by atoms with van der Waals surface area (Å²) in [5, 5.41) is 11.0. The minimum absolute atomic E-state index is 0.386. The minimum Gasteiger partial charge on any atom is -0.481 e. The first-order chi connectivity index (χ1) is 10.9. The number of thiophene rings is 1. The number of aryl methyl sites for hydroxylation is 1. The van der Waals surface area contributed by atoms with E-state index in [0.717, 1.165) is 10.4 Å². The van der Waals surface area contributed by atoms with Crippen LogP contribution in [0.25, 0.3) is 0 Å². The lowest BCUT2D eigenvalue weighted by atomic mass is 9.79. The van der Waals surface area contributed by atoms with Gasteiger partial charge in [-0.15, -0.1) is 11.3 Å². The summed E-state index contributed by atoms with van der Waals surface area (Å²) < 4.78 is 5.54. The van der Waals surface area contributed by atoms with E-state index in [9.17, 15) is 19.5 Å². The Labute approximate surface area is 137 Å². The molecule has 1 aromatic heterocycles. The molecule has 3 N–H and O–H groups in total. The number of amides is 2. The van der Waals surface area contributed by atoms with Crippen molar-refractivity contribution in [2.24, 2.45) is 11.8 Å². The van der Waals surface area contributed by atoms with Crippen LogP contribution in [0.3, 0.4) is 0 Å². The van der Waals surface area contributed by atoms with E-state index in [0.29, 0.717) is 18.4 Å². The lowest BCUT2D eigenvalue weighted by Crippen LogP contribution is -2.50. The van der Waals surface area contributed by atoms with Gasteiger partial charge in [-0.2, -0.15) is 0 Å². The zero-order valence-corrected chi connectivity index (χ0v) is 13.6. The Bertz CT molecular complexity index is 671. The van der Waals surface area contributed by atoms with Crippen molar-refractivity contribution in [1.29, 1.82) is 0 Å². The number of ether oxygens (including phenoxy) is 1. The molecule has 2 amide bonds. The lowest BCUT2D eigenvalue weighted by molar-refractivity contribution is -0.148. The SMILES string of the molecule is Cc1scc(C(=O)NNC(=O)[C@H]2[C@@H](C(=O)O)[C@@H]3CC[C@@H]2O3)c1C. The first kappa shape index (κ1) is 15.9. The molecule has 8 heteroatoms. The summed E-state index contributed by atoms with van der Waals surface area (Å²) in [5.74, 6) is -3.57. The highest BCUT2D eigenvalue weighted by Gasteiger charge is 2.55. The van der Waals surface area contributed by atoms with Crippen LogP contribution in [0.5, 0.6) is 0 Å². The molecule has 0 aromatic carbocycles. The Morgan fingerprint density at radius 1 is 1.17 bits per heavy atom. The molecule has 1 aromatic rings. The molecule has 0 aliphatic carbocycles. The molecule has 2 aliphatic heterocycles. The molecular formula is C15H18N2O5S. The molecule has 2 bridgehead atoms. The van der Waals surface area contributed by atoms with Crippen LogP contribution in [-0.2, 0) is 14.3 Å². The Hall–Kier alpha value is -1.93. The topological polar surface area (TPSA) is 105 Å². The highest BCUT2D eigenvalue weighted by atomic mass is 32.1. The van der Waals surface area contributed by atoms with Crippen LogP contribution in [-0.4, -0.2) is 35.1 Å². The number of fused-ring (bicyclic) bond motifs is 2. The van der Waals surface area contributed by atoms with Gasteiger partial charge in [-0.05, 0) is 32.3 Å². The van der Waals surface area contributed by atoms with Gasteiger partial charge in [0, 0.05) is 10.3 Å². The van der Waals surface area contributed by atoms with Gasteiger partial charge in [-0.1, -0.05) is 0 Å². The predicted molar refractivity (Wildman–Crippen MR) is 81.9 cm³/mol. The molecule has 3 rings (SSSR count). The molecule has 0 saturated carbocycles. The van der Waals surface area contributed by atoms with E-state index in [1.165, 1.54) is 11.3 Å². The molecule has 4 atom stereocenters. The van der Waals surface area contributed by atoms with E-state index in [1.807, 2.05) is 13.8 Å². The molecule has 124 valence electrons. The van der Waals surface area contributed by atoms with Gasteiger partial charge in [0.15, 0.2) is 0 Å². The van der Waals surface area contributed by atoms with Crippen LogP contribution < -0.4 is 10.9 Å². The third-order valence-electron chi connectivity index (χ3n) is 4.69. The van der Waals surface area contributed by atoms with E-state index >= 15 is 0 Å². The summed E-state index contributed by atoms with van der Waals surface area (Å²) in [6.07, 6.45) is 0.530. The molecule has 0 radical (unpaired) electrons. The molecular weight excluding hydrogens is 320 g/mol. The zero-order valence-electron chi connectivity index (χ0n) is 12.8. The normalized spacial score (nSPS) is 28.6. The molecule has 2 fully saturated rings. The van der Waals surface area contributed by atoms with Gasteiger partial charge in [0.25, 0.3) is 5.91 Å². The van der Waals surface area contributed by atoms with Crippen molar-refractivity contribution in [3.8, 4) is 0 Å². The monoisotopic (exact) mass is 338 g/mol. The Morgan fingerprint density at radius 2 is 1.83 bits per heavy atom. The van der Waals surface area contributed by atoms with Crippen molar-refractivity contribution in [2.45, 2.75) is 38.9 Å². The van der Waals surface area contributed by atoms with Gasteiger partial charge in [0.1, 0.15) is 0 Å². The second kappa shape index (κ2) is 5.93. The summed E-state index contributed by atoms with van der Waals surface area (Å²) in [7, 11) is 0. The van der Waals surface area contributed by atoms with Crippen LogP contribution in [0.15, 0.2) is 5.38 Å². The minimum atomic E-state index is -1.03. The quantitative estimate of drug-likeness (QED) is 0.713. The van der Waals surface area contributed by atoms with Gasteiger partial charge in [-0.3, -0.25) is 25.2 Å². The third kappa shape index (κ3) is 2.72. The van der Waals surface area contributed by atoms with Crippen molar-refractivity contribution >= 4 is 29.1 Å². The van der Waals surface area contributed by atoms with E-state index < -0.39 is 35.7 Å². The summed E-state index contributed by atoms with van der Waals surface area (Å²) >= 11 is 1.46. The summed E-state index contributed by atoms with van der Waals surface area (Å²) in [4.78, 5) is 36.8. The van der Waals surface area contributed by atoms with Crippen LogP contribution >= 0.6 is 11.3 Å². The standard InChI is InChI=1S/C15H18N2O5S/c1-6-7(2)23-5-8(6)13(18)16-17-14(19)11-9-3-4-10(22-9)12(11)15(20)21/h5,9-12H,3-4H2,1-2H3,(H,16,18)(H,17,19)(H,20,21)/t9-,10-,11+,12-/m0/s1. The Kier molecular flexibility index (Phi) is 4.11. The fourth-order valence-electron chi connectivity index (χ4n) is 3.33. The molecule has 2 saturated heterocycles. The molecule has 0 spiro atoms. The smallest absolute Gasteiger partial charge is 0.310 e. The number of nitrogens with one attached hydrogen (secondary N) is 2. The second-order valence-electron chi connectivity index (χ2n) is 5.95. The number of carbonyl (C=O) groups is 3. The van der Waals surface area contributed by atoms with Crippen molar-refractivity contribution < 1.29 is 24.2 Å². The number of carboxylic acid groups (broad SMARTS) is 1. The van der Waals surface area contributed by atoms with Gasteiger partial charge < -0.3 is 9.84 Å². The molecule has 2 aliphatic rings. The van der Waals surface area contributed by atoms with Gasteiger partial charge in [0.05, 0.1) is 29.6 Å². The number of hydrazine groups is 1. The zero-order chi connectivity index (χ0) is 16.7. The molecule has 0 unspecified atom stereocenters. The van der Waals surface area contributed by atoms with E-state index in [2.05, 4.69) is 10.9 Å². The number of hydrogen-bond donors (Lipinski definition) is 3. The highest BCUT2D eigenvalue weighted by Crippen LogP contribution is 2.43. The van der Waals surface area contributed by atoms with Crippen LogP contribution in [0.1, 0.15) is 33.6 Å². The summed E-state index contributed by atoms with van der Waals surface area (Å²) in [5.41, 5.74) is 6.10. The maximum atomic E-state index is 12.3. The Balaban J connectivity index is 1.64. The van der Waals surface area contributed by atoms with E-state index in [1.54, 1.807) is 5.38 Å². The number of carbonyl (C=O) groups excluding carboxylic acids is 2. The van der Waals surface area contributed by atoms with Gasteiger partial charge in [0.2, 0.25) is 5.91 Å². The lowest BCUT2D eigenvalue weighted by Gasteiger charge is -2.23. The van der Waals surface area contributed by atoms with Crippen LogP contribution in [0.2, 0.25) is 0 Å². The maximum absolute atomic E-state index is 12.3. The van der Waals surface area contributed by atoms with Crippen LogP contribution in [0.4, 0.5) is 0 Å². The summed E-state index contributed by atoms with van der Waals surface area (Å²) in [6.45, 7) is 3.76. The first-order valence-electron chi connectivity index (χ1n) is 7.43. The fourth-order valence-corrected chi connectivity index (χ4v) is 4.20.